The van der Waals surface area contributed by atoms with Crippen LogP contribution in [0.15, 0.2) is 47.0 Å². The number of aryl methyl sites for hydroxylation is 1. The third-order valence-corrected chi connectivity index (χ3v) is 7.68. The van der Waals surface area contributed by atoms with Crippen molar-refractivity contribution in [2.24, 2.45) is 5.92 Å². The molecule has 0 unspecified atom stereocenters. The number of ether oxygens (including phenoxy) is 2. The Bertz CT molecular complexity index is 1240. The summed E-state index contributed by atoms with van der Waals surface area (Å²) in [5.74, 6) is 3.30. The van der Waals surface area contributed by atoms with E-state index in [4.69, 9.17) is 14.0 Å². The van der Waals surface area contributed by atoms with Crippen molar-refractivity contribution in [3.8, 4) is 22.9 Å². The lowest BCUT2D eigenvalue weighted by molar-refractivity contribution is -0.139. The van der Waals surface area contributed by atoms with Crippen LogP contribution in [-0.2, 0) is 17.9 Å². The van der Waals surface area contributed by atoms with E-state index >= 15 is 0 Å². The summed E-state index contributed by atoms with van der Waals surface area (Å²) in [5.41, 5.74) is 3.34. The monoisotopic (exact) mass is 503 g/mol. The third kappa shape index (κ3) is 5.33. The molecule has 194 valence electrons. The van der Waals surface area contributed by atoms with Crippen LogP contribution in [0.4, 0.5) is 0 Å². The molecular weight excluding hydrogens is 470 g/mol. The molecule has 0 aliphatic carbocycles. The van der Waals surface area contributed by atoms with E-state index in [1.54, 1.807) is 0 Å². The molecule has 4 heterocycles. The SMILES string of the molecule is Cc1ccccc1-c1noc(CN2CCC(C(=O)N3CCN(Cc4ccc5c(c4)OCO5)CC3)CC2)n1. The van der Waals surface area contributed by atoms with Crippen LogP contribution in [0.5, 0.6) is 11.5 Å². The molecule has 2 aromatic carbocycles. The molecule has 3 aliphatic rings. The molecule has 0 atom stereocenters. The van der Waals surface area contributed by atoms with Crippen molar-refractivity contribution in [2.45, 2.75) is 32.9 Å². The zero-order valence-electron chi connectivity index (χ0n) is 21.3. The Balaban J connectivity index is 0.954. The number of piperidine rings is 1. The van der Waals surface area contributed by atoms with Crippen LogP contribution in [0, 0.1) is 12.8 Å². The number of fused-ring (bicyclic) bond motifs is 1. The Labute approximate surface area is 216 Å². The number of hydrogen-bond acceptors (Lipinski definition) is 8. The molecule has 2 saturated heterocycles. The minimum Gasteiger partial charge on any atom is -0.454 e. The van der Waals surface area contributed by atoms with Gasteiger partial charge in [0.05, 0.1) is 6.54 Å². The van der Waals surface area contributed by atoms with Crippen LogP contribution in [0.25, 0.3) is 11.4 Å². The molecular formula is C28H33N5O4. The Morgan fingerprint density at radius 1 is 0.919 bits per heavy atom. The number of nitrogens with zero attached hydrogens (tertiary/aromatic N) is 5. The summed E-state index contributed by atoms with van der Waals surface area (Å²) in [7, 11) is 0. The molecule has 9 nitrogen and oxygen atoms in total. The Morgan fingerprint density at radius 3 is 2.49 bits per heavy atom. The molecule has 0 spiro atoms. The highest BCUT2D eigenvalue weighted by molar-refractivity contribution is 5.79. The second-order valence-electron chi connectivity index (χ2n) is 10.2. The van der Waals surface area contributed by atoms with Gasteiger partial charge in [-0.15, -0.1) is 0 Å². The normalized spacial score (nSPS) is 18.9. The highest BCUT2D eigenvalue weighted by Crippen LogP contribution is 2.33. The standard InChI is InChI=1S/C28H33N5O4/c1-20-4-2-3-5-23(20)27-29-26(37-30-27)18-31-10-8-22(9-11-31)28(34)33-14-12-32(13-15-33)17-21-6-7-24-25(16-21)36-19-35-24/h2-7,16,22H,8-15,17-19H2,1H3. The molecule has 6 rings (SSSR count). The van der Waals surface area contributed by atoms with Gasteiger partial charge in [0.15, 0.2) is 11.5 Å². The molecule has 3 aliphatic heterocycles. The summed E-state index contributed by atoms with van der Waals surface area (Å²) >= 11 is 0. The van der Waals surface area contributed by atoms with E-state index in [-0.39, 0.29) is 5.92 Å². The zero-order valence-corrected chi connectivity index (χ0v) is 21.3. The summed E-state index contributed by atoms with van der Waals surface area (Å²) in [6.45, 7) is 8.90. The van der Waals surface area contributed by atoms with Gasteiger partial charge in [-0.3, -0.25) is 14.6 Å². The summed E-state index contributed by atoms with van der Waals surface area (Å²) in [4.78, 5) is 24.6. The molecule has 1 amide bonds. The van der Waals surface area contributed by atoms with E-state index in [0.717, 1.165) is 81.3 Å². The van der Waals surface area contributed by atoms with E-state index in [2.05, 4.69) is 37.0 Å². The fraction of sp³-hybridized carbons (Fsp3) is 0.464. The van der Waals surface area contributed by atoms with Crippen molar-refractivity contribution < 1.29 is 18.8 Å². The summed E-state index contributed by atoms with van der Waals surface area (Å²) in [5, 5.41) is 4.18. The fourth-order valence-corrected chi connectivity index (χ4v) is 5.46. The number of amides is 1. The van der Waals surface area contributed by atoms with Crippen molar-refractivity contribution >= 4 is 5.91 Å². The van der Waals surface area contributed by atoms with E-state index < -0.39 is 0 Å². The van der Waals surface area contributed by atoms with Crippen LogP contribution in [0.2, 0.25) is 0 Å². The summed E-state index contributed by atoms with van der Waals surface area (Å²) in [6.07, 6.45) is 1.74. The molecule has 0 radical (unpaired) electrons. The Morgan fingerprint density at radius 2 is 1.68 bits per heavy atom. The lowest BCUT2D eigenvalue weighted by Crippen LogP contribution is -2.51. The average molecular weight is 504 g/mol. The largest absolute Gasteiger partial charge is 0.454 e. The maximum atomic E-state index is 13.2. The second-order valence-corrected chi connectivity index (χ2v) is 10.2. The molecule has 0 saturated carbocycles. The Kier molecular flexibility index (Phi) is 6.80. The smallest absolute Gasteiger partial charge is 0.241 e. The number of piperazine rings is 1. The lowest BCUT2D eigenvalue weighted by atomic mass is 9.95. The van der Waals surface area contributed by atoms with Crippen LogP contribution >= 0.6 is 0 Å². The van der Waals surface area contributed by atoms with Crippen LogP contribution in [0.3, 0.4) is 0 Å². The van der Waals surface area contributed by atoms with Crippen LogP contribution in [-0.4, -0.2) is 76.8 Å². The van der Waals surface area contributed by atoms with Gasteiger partial charge in [-0.25, -0.2) is 0 Å². The predicted octanol–water partition coefficient (Wildman–Crippen LogP) is 3.33. The minimum absolute atomic E-state index is 0.0990. The maximum Gasteiger partial charge on any atom is 0.241 e. The van der Waals surface area contributed by atoms with Crippen molar-refractivity contribution in [3.63, 3.8) is 0 Å². The quantitative estimate of drug-likeness (QED) is 0.507. The fourth-order valence-electron chi connectivity index (χ4n) is 5.46. The van der Waals surface area contributed by atoms with E-state index in [1.165, 1.54) is 5.56 Å². The van der Waals surface area contributed by atoms with Crippen LogP contribution < -0.4 is 9.47 Å². The highest BCUT2D eigenvalue weighted by Gasteiger charge is 2.31. The molecule has 0 bridgehead atoms. The molecule has 0 N–H and O–H groups in total. The van der Waals surface area contributed by atoms with Gasteiger partial charge in [-0.05, 0) is 56.1 Å². The van der Waals surface area contributed by atoms with Gasteiger partial charge < -0.3 is 18.9 Å². The van der Waals surface area contributed by atoms with E-state index in [1.807, 2.05) is 37.3 Å². The first-order valence-corrected chi connectivity index (χ1v) is 13.1. The van der Waals surface area contributed by atoms with Gasteiger partial charge in [0, 0.05) is 44.2 Å². The number of carbonyl (C=O) groups excluding carboxylic acids is 1. The third-order valence-electron chi connectivity index (χ3n) is 7.68. The molecule has 2 fully saturated rings. The lowest BCUT2D eigenvalue weighted by Gasteiger charge is -2.38. The van der Waals surface area contributed by atoms with Gasteiger partial charge >= 0.3 is 0 Å². The minimum atomic E-state index is 0.0990. The van der Waals surface area contributed by atoms with Gasteiger partial charge in [-0.1, -0.05) is 35.5 Å². The number of rotatable bonds is 6. The average Bonchev–Trinajstić information content (AvgIpc) is 3.59. The van der Waals surface area contributed by atoms with E-state index in [9.17, 15) is 4.79 Å². The van der Waals surface area contributed by atoms with Gasteiger partial charge in [0.1, 0.15) is 0 Å². The molecule has 9 heteroatoms. The number of likely N-dealkylation sites (tertiary alicyclic amines) is 1. The van der Waals surface area contributed by atoms with Crippen LogP contribution in [0.1, 0.15) is 29.9 Å². The first-order chi connectivity index (χ1) is 18.1. The van der Waals surface area contributed by atoms with Gasteiger partial charge in [0.25, 0.3) is 0 Å². The van der Waals surface area contributed by atoms with Crippen molar-refractivity contribution in [3.05, 3.63) is 59.5 Å². The number of aromatic nitrogens is 2. The van der Waals surface area contributed by atoms with E-state index in [0.29, 0.717) is 31.0 Å². The maximum absolute atomic E-state index is 13.2. The molecule has 1 aromatic heterocycles. The topological polar surface area (TPSA) is 84.2 Å². The second kappa shape index (κ2) is 10.5. The molecule has 3 aromatic rings. The van der Waals surface area contributed by atoms with Crippen molar-refractivity contribution in [2.75, 3.05) is 46.1 Å². The Hall–Kier alpha value is -3.43. The number of hydrogen-bond donors (Lipinski definition) is 0. The number of carbonyl (C=O) groups is 1. The first kappa shape index (κ1) is 23.9. The molecule has 37 heavy (non-hydrogen) atoms. The summed E-state index contributed by atoms with van der Waals surface area (Å²) < 4.78 is 16.4. The van der Waals surface area contributed by atoms with Gasteiger partial charge in [-0.2, -0.15) is 4.98 Å². The highest BCUT2D eigenvalue weighted by atomic mass is 16.7. The summed E-state index contributed by atoms with van der Waals surface area (Å²) in [6, 6.07) is 14.2. The number of benzene rings is 2. The van der Waals surface area contributed by atoms with Crippen molar-refractivity contribution in [1.82, 2.24) is 24.8 Å². The predicted molar refractivity (Wildman–Crippen MR) is 137 cm³/mol. The van der Waals surface area contributed by atoms with Crippen molar-refractivity contribution in [1.29, 1.82) is 0 Å². The zero-order chi connectivity index (χ0) is 25.2. The first-order valence-electron chi connectivity index (χ1n) is 13.1. The van der Waals surface area contributed by atoms with Gasteiger partial charge in [0.2, 0.25) is 24.4 Å².